The van der Waals surface area contributed by atoms with Crippen LogP contribution < -0.4 is 20.1 Å². The maximum atomic E-state index is 5.78. The Balaban J connectivity index is 1.42. The molecule has 1 aliphatic heterocycles. The second kappa shape index (κ2) is 9.55. The van der Waals surface area contributed by atoms with Gasteiger partial charge in [0.05, 0.1) is 25.5 Å². The highest BCUT2D eigenvalue weighted by Gasteiger charge is 2.14. The summed E-state index contributed by atoms with van der Waals surface area (Å²) >= 11 is 0. The minimum atomic E-state index is 0.636. The van der Waals surface area contributed by atoms with Crippen molar-refractivity contribution in [1.29, 1.82) is 0 Å². The van der Waals surface area contributed by atoms with Crippen molar-refractivity contribution in [3.05, 3.63) is 71.0 Å². The summed E-state index contributed by atoms with van der Waals surface area (Å²) in [5.74, 6) is 2.22. The number of aryl methyl sites for hydroxylation is 1. The first-order valence-electron chi connectivity index (χ1n) is 10.6. The molecule has 2 N–H and O–H groups in total. The van der Waals surface area contributed by atoms with Gasteiger partial charge in [0.25, 0.3) is 0 Å². The van der Waals surface area contributed by atoms with Gasteiger partial charge in [-0.05, 0) is 31.5 Å². The summed E-state index contributed by atoms with van der Waals surface area (Å²) in [6, 6.07) is 16.2. The second-order valence-electron chi connectivity index (χ2n) is 7.56. The Labute approximate surface area is 183 Å². The summed E-state index contributed by atoms with van der Waals surface area (Å²) in [6.45, 7) is 6.90. The van der Waals surface area contributed by atoms with E-state index in [1.54, 1.807) is 7.05 Å². The first kappa shape index (κ1) is 20.8. The number of aliphatic imine (C=N–C) groups is 1. The molecule has 0 fully saturated rings. The van der Waals surface area contributed by atoms with Gasteiger partial charge in [0.1, 0.15) is 0 Å². The molecular weight excluding hydrogens is 390 g/mol. The van der Waals surface area contributed by atoms with Crippen molar-refractivity contribution in [3.63, 3.8) is 0 Å². The van der Waals surface area contributed by atoms with E-state index in [1.165, 1.54) is 11.1 Å². The van der Waals surface area contributed by atoms with Crippen molar-refractivity contribution >= 4 is 11.6 Å². The van der Waals surface area contributed by atoms with Gasteiger partial charge in [-0.3, -0.25) is 9.67 Å². The Morgan fingerprint density at radius 3 is 2.61 bits per heavy atom. The van der Waals surface area contributed by atoms with Crippen molar-refractivity contribution in [2.24, 2.45) is 4.99 Å². The average Bonchev–Trinajstić information content (AvgIpc) is 2.94. The van der Waals surface area contributed by atoms with Crippen LogP contribution in [-0.2, 0) is 13.1 Å². The van der Waals surface area contributed by atoms with Gasteiger partial charge in [-0.1, -0.05) is 30.3 Å². The molecule has 0 radical (unpaired) electrons. The van der Waals surface area contributed by atoms with Crippen LogP contribution in [0.4, 0.5) is 5.69 Å². The molecule has 2 aromatic carbocycles. The summed E-state index contributed by atoms with van der Waals surface area (Å²) in [5, 5.41) is 11.5. The Morgan fingerprint density at radius 1 is 1.06 bits per heavy atom. The molecule has 0 saturated heterocycles. The van der Waals surface area contributed by atoms with E-state index in [0.29, 0.717) is 25.7 Å². The zero-order valence-corrected chi connectivity index (χ0v) is 18.3. The van der Waals surface area contributed by atoms with E-state index in [1.807, 2.05) is 31.2 Å². The van der Waals surface area contributed by atoms with Crippen LogP contribution in [-0.4, -0.2) is 36.0 Å². The summed E-state index contributed by atoms with van der Waals surface area (Å²) in [5.41, 5.74) is 5.48. The van der Waals surface area contributed by atoms with Crippen LogP contribution in [0.25, 0.3) is 0 Å². The summed E-state index contributed by atoms with van der Waals surface area (Å²) in [7, 11) is 1.76. The van der Waals surface area contributed by atoms with Crippen molar-refractivity contribution < 1.29 is 9.47 Å². The molecule has 7 nitrogen and oxygen atoms in total. The maximum Gasteiger partial charge on any atom is 0.195 e. The van der Waals surface area contributed by atoms with E-state index in [4.69, 9.17) is 14.6 Å². The number of fused-ring (bicyclic) bond motifs is 1. The van der Waals surface area contributed by atoms with Gasteiger partial charge in [0.15, 0.2) is 17.5 Å². The Kier molecular flexibility index (Phi) is 6.40. The predicted molar refractivity (Wildman–Crippen MR) is 123 cm³/mol. The van der Waals surface area contributed by atoms with Gasteiger partial charge in [0, 0.05) is 43.0 Å². The van der Waals surface area contributed by atoms with Crippen molar-refractivity contribution in [3.8, 4) is 11.5 Å². The maximum absolute atomic E-state index is 5.78. The highest BCUT2D eigenvalue weighted by atomic mass is 16.5. The van der Waals surface area contributed by atoms with Crippen LogP contribution in [0.15, 0.2) is 53.5 Å². The smallest absolute Gasteiger partial charge is 0.195 e. The SMILES string of the molecule is CN=C(NCc1c(C)nn(Cc2ccccc2)c1C)Nc1ccc2c(c1)OCCCO2. The minimum Gasteiger partial charge on any atom is -0.490 e. The average molecular weight is 420 g/mol. The largest absolute Gasteiger partial charge is 0.490 e. The van der Waals surface area contributed by atoms with Crippen LogP contribution >= 0.6 is 0 Å². The van der Waals surface area contributed by atoms with E-state index in [-0.39, 0.29) is 0 Å². The van der Waals surface area contributed by atoms with Crippen LogP contribution in [0.2, 0.25) is 0 Å². The molecule has 0 saturated carbocycles. The van der Waals surface area contributed by atoms with Crippen LogP contribution in [0.5, 0.6) is 11.5 Å². The number of aromatic nitrogens is 2. The molecule has 1 aromatic heterocycles. The first-order valence-corrected chi connectivity index (χ1v) is 10.6. The van der Waals surface area contributed by atoms with Gasteiger partial charge in [-0.2, -0.15) is 5.10 Å². The molecule has 3 aromatic rings. The standard InChI is InChI=1S/C24H29N5O2/c1-17-21(18(2)29(28-17)16-19-8-5-4-6-9-19)15-26-24(25-3)27-20-10-11-22-23(14-20)31-13-7-12-30-22/h4-6,8-11,14H,7,12-13,15-16H2,1-3H3,(H2,25,26,27). The predicted octanol–water partition coefficient (Wildman–Crippen LogP) is 3.90. The van der Waals surface area contributed by atoms with E-state index in [2.05, 4.69) is 51.5 Å². The fourth-order valence-electron chi connectivity index (χ4n) is 3.63. The number of nitrogens with one attached hydrogen (secondary N) is 2. The zero-order chi connectivity index (χ0) is 21.6. The van der Waals surface area contributed by atoms with Crippen molar-refractivity contribution in [2.45, 2.75) is 33.4 Å². The highest BCUT2D eigenvalue weighted by Crippen LogP contribution is 2.32. The first-order chi connectivity index (χ1) is 15.1. The van der Waals surface area contributed by atoms with Crippen LogP contribution in [0.3, 0.4) is 0 Å². The molecule has 2 heterocycles. The lowest BCUT2D eigenvalue weighted by Gasteiger charge is -2.14. The van der Waals surface area contributed by atoms with Gasteiger partial charge in [0.2, 0.25) is 0 Å². The molecule has 31 heavy (non-hydrogen) atoms. The number of benzene rings is 2. The lowest BCUT2D eigenvalue weighted by atomic mass is 10.2. The minimum absolute atomic E-state index is 0.636. The topological polar surface area (TPSA) is 72.7 Å². The Morgan fingerprint density at radius 2 is 1.84 bits per heavy atom. The van der Waals surface area contributed by atoms with Gasteiger partial charge in [-0.15, -0.1) is 0 Å². The molecule has 0 unspecified atom stereocenters. The molecular formula is C24H29N5O2. The Hall–Kier alpha value is -3.48. The number of hydrogen-bond donors (Lipinski definition) is 2. The molecule has 0 aliphatic carbocycles. The molecule has 0 bridgehead atoms. The lowest BCUT2D eigenvalue weighted by molar-refractivity contribution is 0.297. The molecule has 4 rings (SSSR count). The monoisotopic (exact) mass is 419 g/mol. The molecule has 0 spiro atoms. The van der Waals surface area contributed by atoms with Crippen molar-refractivity contribution in [1.82, 2.24) is 15.1 Å². The summed E-state index contributed by atoms with van der Waals surface area (Å²) in [6.07, 6.45) is 0.886. The second-order valence-corrected chi connectivity index (χ2v) is 7.56. The fraction of sp³-hybridized carbons (Fsp3) is 0.333. The third kappa shape index (κ3) is 4.99. The van der Waals surface area contributed by atoms with Crippen LogP contribution in [0.1, 0.15) is 28.9 Å². The normalized spacial score (nSPS) is 13.6. The fourth-order valence-corrected chi connectivity index (χ4v) is 3.63. The molecule has 1 aliphatic rings. The van der Waals surface area contributed by atoms with Gasteiger partial charge < -0.3 is 20.1 Å². The summed E-state index contributed by atoms with van der Waals surface area (Å²) < 4.78 is 13.5. The number of ether oxygens (including phenoxy) is 2. The Bertz CT molecular complexity index is 1060. The number of rotatable bonds is 5. The summed E-state index contributed by atoms with van der Waals surface area (Å²) in [4.78, 5) is 4.36. The quantitative estimate of drug-likeness (QED) is 0.485. The lowest BCUT2D eigenvalue weighted by Crippen LogP contribution is -2.30. The van der Waals surface area contributed by atoms with Gasteiger partial charge >= 0.3 is 0 Å². The number of hydrogen-bond acceptors (Lipinski definition) is 4. The third-order valence-corrected chi connectivity index (χ3v) is 5.37. The molecule has 162 valence electrons. The number of nitrogens with zero attached hydrogens (tertiary/aromatic N) is 3. The van der Waals surface area contributed by atoms with Crippen molar-refractivity contribution in [2.75, 3.05) is 25.6 Å². The highest BCUT2D eigenvalue weighted by molar-refractivity contribution is 5.93. The molecule has 0 amide bonds. The number of guanidine groups is 1. The van der Waals surface area contributed by atoms with E-state index < -0.39 is 0 Å². The zero-order valence-electron chi connectivity index (χ0n) is 18.3. The van der Waals surface area contributed by atoms with E-state index in [9.17, 15) is 0 Å². The molecule has 7 heteroatoms. The molecule has 0 atom stereocenters. The third-order valence-electron chi connectivity index (χ3n) is 5.37. The van der Waals surface area contributed by atoms with E-state index in [0.717, 1.165) is 41.5 Å². The van der Waals surface area contributed by atoms with Crippen LogP contribution in [0, 0.1) is 13.8 Å². The van der Waals surface area contributed by atoms with Gasteiger partial charge in [-0.25, -0.2) is 0 Å². The van der Waals surface area contributed by atoms with E-state index >= 15 is 0 Å². The number of anilines is 1.